The first-order valence-corrected chi connectivity index (χ1v) is 11.3. The summed E-state index contributed by atoms with van der Waals surface area (Å²) in [6.45, 7) is 5.31. The second-order valence-corrected chi connectivity index (χ2v) is 8.64. The van der Waals surface area contributed by atoms with E-state index in [4.69, 9.17) is 4.74 Å². The molecule has 178 valence electrons. The number of Topliss-reactive ketones (excluding diaryl/α,β-unsaturated/α-hetero) is 1. The second-order valence-electron chi connectivity index (χ2n) is 8.64. The number of carbonyl (C=O) groups excluding carboxylic acids is 1. The summed E-state index contributed by atoms with van der Waals surface area (Å²) in [5.41, 5.74) is 2.02. The van der Waals surface area contributed by atoms with E-state index in [1.807, 2.05) is 18.2 Å². The molecule has 0 unspecified atom stereocenters. The summed E-state index contributed by atoms with van der Waals surface area (Å²) in [5.74, 6) is 1.16. The molecule has 1 aromatic heterocycles. The summed E-state index contributed by atoms with van der Waals surface area (Å²) in [5, 5.41) is 21.8. The highest BCUT2D eigenvalue weighted by molar-refractivity contribution is 6.15. The lowest BCUT2D eigenvalue weighted by atomic mass is 9.99. The number of allylic oxidation sites excluding steroid dienone is 1. The maximum absolute atomic E-state index is 13.2. The summed E-state index contributed by atoms with van der Waals surface area (Å²) in [6, 6.07) is 13.5. The van der Waals surface area contributed by atoms with Gasteiger partial charge in [0.2, 0.25) is 5.78 Å². The number of ether oxygens (including phenoxy) is 1. The Morgan fingerprint density at radius 2 is 1.94 bits per heavy atom. The minimum Gasteiger partial charge on any atom is -0.507 e. The molecule has 1 N–H and O–H groups in total. The van der Waals surface area contributed by atoms with Gasteiger partial charge >= 0.3 is 0 Å². The van der Waals surface area contributed by atoms with Crippen molar-refractivity contribution in [3.8, 4) is 11.5 Å². The van der Waals surface area contributed by atoms with Gasteiger partial charge in [-0.25, -0.2) is 4.98 Å². The van der Waals surface area contributed by atoms with Crippen LogP contribution in [0.4, 0.5) is 11.5 Å². The number of hydrogen-bond donors (Lipinski definition) is 1. The van der Waals surface area contributed by atoms with Crippen LogP contribution in [0.5, 0.6) is 11.5 Å². The van der Waals surface area contributed by atoms with Crippen molar-refractivity contribution in [1.82, 2.24) is 9.88 Å². The summed E-state index contributed by atoms with van der Waals surface area (Å²) >= 11 is 0. The molecular weight excluding hydrogens is 448 g/mol. The van der Waals surface area contributed by atoms with E-state index in [9.17, 15) is 20.0 Å². The van der Waals surface area contributed by atoms with Crippen molar-refractivity contribution >= 4 is 23.4 Å². The van der Waals surface area contributed by atoms with Crippen LogP contribution >= 0.6 is 0 Å². The number of carbonyl (C=O) groups is 1. The number of aromatic hydroxyl groups is 1. The Morgan fingerprint density at radius 1 is 1.14 bits per heavy atom. The Kier molecular flexibility index (Phi) is 5.92. The molecule has 0 radical (unpaired) electrons. The van der Waals surface area contributed by atoms with Gasteiger partial charge in [0.15, 0.2) is 5.76 Å². The van der Waals surface area contributed by atoms with Gasteiger partial charge in [-0.15, -0.1) is 0 Å². The van der Waals surface area contributed by atoms with Crippen molar-refractivity contribution in [3.63, 3.8) is 0 Å². The van der Waals surface area contributed by atoms with E-state index in [1.54, 1.807) is 31.3 Å². The van der Waals surface area contributed by atoms with E-state index in [0.29, 0.717) is 34.5 Å². The third-order valence-electron chi connectivity index (χ3n) is 6.33. The number of phenols is 1. The van der Waals surface area contributed by atoms with Gasteiger partial charge in [0, 0.05) is 51.1 Å². The molecule has 5 rings (SSSR count). The number of hydrogen-bond acceptors (Lipinski definition) is 8. The molecule has 0 saturated carbocycles. The van der Waals surface area contributed by atoms with E-state index in [2.05, 4.69) is 14.8 Å². The first kappa shape index (κ1) is 22.5. The number of nitro benzene ring substituents is 1. The topological polar surface area (TPSA) is 109 Å². The molecule has 0 bridgehead atoms. The van der Waals surface area contributed by atoms with Gasteiger partial charge in [0.05, 0.1) is 16.1 Å². The van der Waals surface area contributed by atoms with Crippen LogP contribution in [0, 0.1) is 17.0 Å². The lowest BCUT2D eigenvalue weighted by molar-refractivity contribution is -0.384. The molecule has 0 spiro atoms. The number of piperazine rings is 1. The fourth-order valence-electron chi connectivity index (χ4n) is 4.51. The maximum Gasteiger partial charge on any atom is 0.270 e. The Hall–Kier alpha value is -4.24. The maximum atomic E-state index is 13.2. The number of nitrogens with zero attached hydrogens (tertiary/aromatic N) is 4. The zero-order chi connectivity index (χ0) is 24.5. The first-order valence-electron chi connectivity index (χ1n) is 11.3. The molecule has 1 saturated heterocycles. The number of non-ortho nitro benzene ring substituents is 1. The largest absolute Gasteiger partial charge is 0.507 e. The monoisotopic (exact) mass is 472 g/mol. The van der Waals surface area contributed by atoms with Gasteiger partial charge in [-0.3, -0.25) is 19.8 Å². The Bertz CT molecular complexity index is 1330. The number of pyridine rings is 1. The number of nitro groups is 1. The summed E-state index contributed by atoms with van der Waals surface area (Å²) < 4.78 is 5.98. The van der Waals surface area contributed by atoms with Crippen LogP contribution < -0.4 is 9.64 Å². The van der Waals surface area contributed by atoms with Crippen molar-refractivity contribution in [1.29, 1.82) is 0 Å². The summed E-state index contributed by atoms with van der Waals surface area (Å²) in [4.78, 5) is 32.6. The molecule has 0 atom stereocenters. The van der Waals surface area contributed by atoms with Crippen molar-refractivity contribution in [3.05, 3.63) is 92.9 Å². The second kappa shape index (κ2) is 9.19. The molecular formula is C26H24N4O5. The van der Waals surface area contributed by atoms with Crippen LogP contribution in [0.25, 0.3) is 6.08 Å². The number of ketones is 1. The third-order valence-corrected chi connectivity index (χ3v) is 6.33. The average Bonchev–Trinajstić information content (AvgIpc) is 3.19. The van der Waals surface area contributed by atoms with Crippen LogP contribution in [0.15, 0.2) is 60.5 Å². The molecule has 9 nitrogen and oxygen atoms in total. The standard InChI is InChI=1S/C26H24N4O5/c1-17-13-21(31)20(16-28-9-11-29(12-10-28)23-7-2-3-8-27-23)26-24(17)25(32)22(35-26)15-18-5-4-6-19(14-18)30(33)34/h2-8,13-15,31H,9-12,16H2,1H3/b22-15-. The van der Waals surface area contributed by atoms with Crippen molar-refractivity contribution < 1.29 is 19.6 Å². The van der Waals surface area contributed by atoms with Crippen LogP contribution in [0.2, 0.25) is 0 Å². The van der Waals surface area contributed by atoms with Crippen molar-refractivity contribution in [2.24, 2.45) is 0 Å². The average molecular weight is 473 g/mol. The number of aryl methyl sites for hydroxylation is 1. The SMILES string of the molecule is Cc1cc(O)c(CN2CCN(c3ccccn3)CC2)c2c1C(=O)/C(=C/c1cccc([N+](=O)[O-])c1)O2. The van der Waals surface area contributed by atoms with Gasteiger partial charge in [0.1, 0.15) is 17.3 Å². The van der Waals surface area contributed by atoms with Gasteiger partial charge in [0.25, 0.3) is 5.69 Å². The molecule has 3 aromatic rings. The fraction of sp³-hybridized carbons (Fsp3) is 0.231. The highest BCUT2D eigenvalue weighted by Crippen LogP contribution is 2.42. The molecule has 0 aliphatic carbocycles. The van der Waals surface area contributed by atoms with E-state index < -0.39 is 4.92 Å². The Morgan fingerprint density at radius 3 is 2.66 bits per heavy atom. The number of phenolic OH excluding ortho intramolecular Hbond substituents is 1. The minimum atomic E-state index is -0.484. The normalized spacial score (nSPS) is 16.9. The van der Waals surface area contributed by atoms with Crippen LogP contribution in [-0.2, 0) is 6.54 Å². The molecule has 3 heterocycles. The van der Waals surface area contributed by atoms with Gasteiger partial charge < -0.3 is 14.7 Å². The third kappa shape index (κ3) is 4.45. The minimum absolute atomic E-state index is 0.0679. The van der Waals surface area contributed by atoms with Gasteiger partial charge in [-0.05, 0) is 42.3 Å². The van der Waals surface area contributed by atoms with Crippen molar-refractivity contribution in [2.45, 2.75) is 13.5 Å². The van der Waals surface area contributed by atoms with Gasteiger partial charge in [-0.2, -0.15) is 0 Å². The van der Waals surface area contributed by atoms with Crippen molar-refractivity contribution in [2.75, 3.05) is 31.1 Å². The highest BCUT2D eigenvalue weighted by Gasteiger charge is 2.34. The number of benzene rings is 2. The highest BCUT2D eigenvalue weighted by atomic mass is 16.6. The molecule has 1 fully saturated rings. The molecule has 0 amide bonds. The predicted molar refractivity (Wildman–Crippen MR) is 131 cm³/mol. The quantitative estimate of drug-likeness (QED) is 0.338. The van der Waals surface area contributed by atoms with E-state index in [-0.39, 0.29) is 23.0 Å². The predicted octanol–water partition coefficient (Wildman–Crippen LogP) is 3.94. The molecule has 2 aliphatic rings. The lowest BCUT2D eigenvalue weighted by Gasteiger charge is -2.35. The molecule has 35 heavy (non-hydrogen) atoms. The molecule has 2 aliphatic heterocycles. The smallest absolute Gasteiger partial charge is 0.270 e. The number of rotatable bonds is 5. The number of aromatic nitrogens is 1. The van der Waals surface area contributed by atoms with Gasteiger partial charge in [-0.1, -0.05) is 18.2 Å². The summed E-state index contributed by atoms with van der Waals surface area (Å²) in [6.07, 6.45) is 3.28. The lowest BCUT2D eigenvalue weighted by Crippen LogP contribution is -2.46. The number of anilines is 1. The Balaban J connectivity index is 1.38. The Labute approximate surface area is 202 Å². The van der Waals surface area contributed by atoms with E-state index in [0.717, 1.165) is 32.0 Å². The summed E-state index contributed by atoms with van der Waals surface area (Å²) in [7, 11) is 0. The molecule has 2 aromatic carbocycles. The van der Waals surface area contributed by atoms with Crippen LogP contribution in [0.3, 0.4) is 0 Å². The van der Waals surface area contributed by atoms with Crippen LogP contribution in [-0.4, -0.2) is 51.9 Å². The van der Waals surface area contributed by atoms with E-state index in [1.165, 1.54) is 18.2 Å². The first-order chi connectivity index (χ1) is 16.9. The number of fused-ring (bicyclic) bond motifs is 1. The zero-order valence-corrected chi connectivity index (χ0v) is 19.2. The van der Waals surface area contributed by atoms with E-state index >= 15 is 0 Å². The fourth-order valence-corrected chi connectivity index (χ4v) is 4.51. The zero-order valence-electron chi connectivity index (χ0n) is 19.2. The van der Waals surface area contributed by atoms with Crippen LogP contribution in [0.1, 0.15) is 27.0 Å². The molecule has 9 heteroatoms.